The molecule has 2 heterocycles. The Labute approximate surface area is 82.6 Å². The summed E-state index contributed by atoms with van der Waals surface area (Å²) in [6.07, 6.45) is 1.05. The van der Waals surface area contributed by atoms with Gasteiger partial charge in [0.25, 0.3) is 0 Å². The first-order valence-corrected chi connectivity index (χ1v) is 3.88. The molecule has 15 heavy (non-hydrogen) atoms. The SMILES string of the molecule is Cc1nonc1-c1c([N+](=O)[O-])cnn1N. The van der Waals surface area contributed by atoms with Gasteiger partial charge in [0.2, 0.25) is 0 Å². The van der Waals surface area contributed by atoms with E-state index >= 15 is 0 Å². The summed E-state index contributed by atoms with van der Waals surface area (Å²) in [5.41, 5.74) is 0.446. The molecule has 0 spiro atoms. The lowest BCUT2D eigenvalue weighted by atomic mass is 10.2. The molecule has 2 aromatic heterocycles. The Morgan fingerprint density at radius 3 is 2.87 bits per heavy atom. The third-order valence-electron chi connectivity index (χ3n) is 1.85. The first-order chi connectivity index (χ1) is 7.11. The zero-order valence-corrected chi connectivity index (χ0v) is 7.62. The molecule has 0 aliphatic rings. The van der Waals surface area contributed by atoms with Crippen molar-refractivity contribution < 1.29 is 9.55 Å². The van der Waals surface area contributed by atoms with E-state index in [0.29, 0.717) is 5.69 Å². The van der Waals surface area contributed by atoms with Crippen molar-refractivity contribution in [3.05, 3.63) is 22.0 Å². The molecule has 0 aromatic carbocycles. The lowest BCUT2D eigenvalue weighted by molar-refractivity contribution is -0.384. The molecule has 2 N–H and O–H groups in total. The minimum Gasteiger partial charge on any atom is -0.322 e. The Bertz CT molecular complexity index is 515. The molecule has 0 bridgehead atoms. The van der Waals surface area contributed by atoms with Gasteiger partial charge < -0.3 is 5.84 Å². The molecule has 0 aliphatic carbocycles. The number of rotatable bonds is 2. The number of nitro groups is 1. The normalized spacial score (nSPS) is 10.5. The first-order valence-electron chi connectivity index (χ1n) is 3.88. The molecule has 0 radical (unpaired) electrons. The Morgan fingerprint density at radius 1 is 1.60 bits per heavy atom. The maximum absolute atomic E-state index is 10.7. The van der Waals surface area contributed by atoms with E-state index in [1.807, 2.05) is 0 Å². The van der Waals surface area contributed by atoms with Crippen LogP contribution >= 0.6 is 0 Å². The van der Waals surface area contributed by atoms with Gasteiger partial charge in [-0.15, -0.1) is 0 Å². The highest BCUT2D eigenvalue weighted by Crippen LogP contribution is 2.28. The number of nitrogen functional groups attached to an aromatic ring is 1. The fraction of sp³-hybridized carbons (Fsp3) is 0.167. The van der Waals surface area contributed by atoms with Crippen LogP contribution in [0.25, 0.3) is 11.4 Å². The van der Waals surface area contributed by atoms with Crippen LogP contribution in [0.2, 0.25) is 0 Å². The number of nitrogens with zero attached hydrogens (tertiary/aromatic N) is 5. The molecule has 0 atom stereocenters. The van der Waals surface area contributed by atoms with Crippen LogP contribution < -0.4 is 5.84 Å². The molecule has 9 nitrogen and oxygen atoms in total. The third-order valence-corrected chi connectivity index (χ3v) is 1.85. The van der Waals surface area contributed by atoms with E-state index in [-0.39, 0.29) is 17.1 Å². The van der Waals surface area contributed by atoms with Crippen molar-refractivity contribution in [2.75, 3.05) is 5.84 Å². The minimum atomic E-state index is -0.597. The summed E-state index contributed by atoms with van der Waals surface area (Å²) < 4.78 is 4.44. The Balaban J connectivity index is 2.66. The van der Waals surface area contributed by atoms with Crippen molar-refractivity contribution in [3.8, 4) is 11.4 Å². The largest absolute Gasteiger partial charge is 0.322 e. The Morgan fingerprint density at radius 2 is 2.33 bits per heavy atom. The van der Waals surface area contributed by atoms with Crippen molar-refractivity contribution >= 4 is 5.69 Å². The van der Waals surface area contributed by atoms with Crippen LogP contribution in [0.4, 0.5) is 5.69 Å². The number of hydrogen-bond donors (Lipinski definition) is 1. The Kier molecular flexibility index (Phi) is 1.85. The zero-order valence-electron chi connectivity index (χ0n) is 7.62. The fourth-order valence-corrected chi connectivity index (χ4v) is 1.16. The molecule has 9 heteroatoms. The average molecular weight is 210 g/mol. The minimum absolute atomic E-state index is 0.0683. The van der Waals surface area contributed by atoms with Gasteiger partial charge in [-0.05, 0) is 12.1 Å². The average Bonchev–Trinajstić information content (AvgIpc) is 2.71. The van der Waals surface area contributed by atoms with E-state index in [9.17, 15) is 10.1 Å². The van der Waals surface area contributed by atoms with E-state index in [0.717, 1.165) is 11.0 Å². The van der Waals surface area contributed by atoms with Crippen LogP contribution in [0.1, 0.15) is 5.69 Å². The van der Waals surface area contributed by atoms with Gasteiger partial charge in [0.15, 0.2) is 11.4 Å². The van der Waals surface area contributed by atoms with Crippen molar-refractivity contribution in [1.29, 1.82) is 0 Å². The standard InChI is InChI=1S/C6H6N6O3/c1-3-5(10-15-9-3)6-4(12(13)14)2-8-11(6)7/h2H,7H2,1H3. The molecule has 0 saturated heterocycles. The van der Waals surface area contributed by atoms with Gasteiger partial charge >= 0.3 is 5.69 Å². The molecule has 0 amide bonds. The molecule has 2 rings (SSSR count). The van der Waals surface area contributed by atoms with Crippen molar-refractivity contribution in [2.24, 2.45) is 0 Å². The summed E-state index contributed by atoms with van der Waals surface area (Å²) in [6, 6.07) is 0. The van der Waals surface area contributed by atoms with Gasteiger partial charge in [0.05, 0.1) is 4.92 Å². The second-order valence-corrected chi connectivity index (χ2v) is 2.78. The summed E-state index contributed by atoms with van der Waals surface area (Å²) in [5, 5.41) is 21.3. The zero-order chi connectivity index (χ0) is 11.0. The monoisotopic (exact) mass is 210 g/mol. The van der Waals surface area contributed by atoms with E-state index in [1.54, 1.807) is 6.92 Å². The van der Waals surface area contributed by atoms with Gasteiger partial charge in [-0.1, -0.05) is 5.16 Å². The van der Waals surface area contributed by atoms with E-state index in [1.165, 1.54) is 0 Å². The first kappa shape index (κ1) is 9.12. The molecule has 0 unspecified atom stereocenters. The topological polar surface area (TPSA) is 126 Å². The van der Waals surface area contributed by atoms with E-state index < -0.39 is 4.92 Å². The van der Waals surface area contributed by atoms with Crippen LogP contribution in [0, 0.1) is 17.0 Å². The van der Waals surface area contributed by atoms with Crippen LogP contribution in [0.5, 0.6) is 0 Å². The van der Waals surface area contributed by atoms with Crippen molar-refractivity contribution in [2.45, 2.75) is 6.92 Å². The lowest BCUT2D eigenvalue weighted by Gasteiger charge is -1.95. The highest BCUT2D eigenvalue weighted by atomic mass is 16.6. The van der Waals surface area contributed by atoms with E-state index in [4.69, 9.17) is 5.84 Å². The van der Waals surface area contributed by atoms with Gasteiger partial charge in [-0.3, -0.25) is 10.1 Å². The van der Waals surface area contributed by atoms with Gasteiger partial charge in [-0.2, -0.15) is 9.89 Å². The molecular weight excluding hydrogens is 204 g/mol. The molecular formula is C6H6N6O3. The maximum Gasteiger partial charge on any atom is 0.319 e. The quantitative estimate of drug-likeness (QED) is 0.415. The molecule has 0 aliphatic heterocycles. The number of hydrogen-bond acceptors (Lipinski definition) is 7. The number of aryl methyl sites for hydroxylation is 1. The molecule has 0 fully saturated rings. The van der Waals surface area contributed by atoms with Gasteiger partial charge in [0, 0.05) is 0 Å². The summed E-state index contributed by atoms with van der Waals surface area (Å²) in [5.74, 6) is 5.43. The summed E-state index contributed by atoms with van der Waals surface area (Å²) >= 11 is 0. The van der Waals surface area contributed by atoms with Crippen LogP contribution in [-0.2, 0) is 0 Å². The molecule has 78 valence electrons. The predicted molar refractivity (Wildman–Crippen MR) is 47.1 cm³/mol. The third kappa shape index (κ3) is 1.29. The second kappa shape index (κ2) is 3.04. The van der Waals surface area contributed by atoms with Gasteiger partial charge in [-0.25, -0.2) is 4.63 Å². The summed E-state index contributed by atoms with van der Waals surface area (Å²) in [4.78, 5) is 10.9. The van der Waals surface area contributed by atoms with E-state index in [2.05, 4.69) is 20.0 Å². The van der Waals surface area contributed by atoms with Crippen molar-refractivity contribution in [3.63, 3.8) is 0 Å². The molecule has 2 aromatic rings. The number of aromatic nitrogens is 4. The van der Waals surface area contributed by atoms with Crippen LogP contribution in [-0.4, -0.2) is 25.1 Å². The maximum atomic E-state index is 10.7. The smallest absolute Gasteiger partial charge is 0.319 e. The molecule has 0 saturated carbocycles. The highest BCUT2D eigenvalue weighted by molar-refractivity contribution is 5.67. The predicted octanol–water partition coefficient (Wildman–Crippen LogP) is -0.136. The van der Waals surface area contributed by atoms with Gasteiger partial charge in [0.1, 0.15) is 11.9 Å². The Hall–Kier alpha value is -2.45. The van der Waals surface area contributed by atoms with Crippen LogP contribution in [0.15, 0.2) is 10.8 Å². The van der Waals surface area contributed by atoms with Crippen molar-refractivity contribution in [1.82, 2.24) is 20.2 Å². The fourth-order valence-electron chi connectivity index (χ4n) is 1.16. The number of nitrogens with two attached hydrogens (primary N) is 1. The highest BCUT2D eigenvalue weighted by Gasteiger charge is 2.25. The second-order valence-electron chi connectivity index (χ2n) is 2.78. The lowest BCUT2D eigenvalue weighted by Crippen LogP contribution is -2.12. The summed E-state index contributed by atoms with van der Waals surface area (Å²) in [7, 11) is 0. The van der Waals surface area contributed by atoms with Crippen LogP contribution in [0.3, 0.4) is 0 Å². The summed E-state index contributed by atoms with van der Waals surface area (Å²) in [6.45, 7) is 1.60.